The largest absolute Gasteiger partial charge is 0.338 e. The Morgan fingerprint density at radius 1 is 1.47 bits per heavy atom. The van der Waals surface area contributed by atoms with Gasteiger partial charge in [0, 0.05) is 12.6 Å². The topological polar surface area (TPSA) is 46.3 Å². The molecule has 0 bridgehead atoms. The van der Waals surface area contributed by atoms with Gasteiger partial charge in [-0.2, -0.15) is 0 Å². The molecule has 0 spiro atoms. The molecule has 0 aromatic heterocycles. The summed E-state index contributed by atoms with van der Waals surface area (Å²) in [7, 11) is 0. The number of carbonyl (C=O) groups is 1. The van der Waals surface area contributed by atoms with Crippen LogP contribution in [0.15, 0.2) is 0 Å². The lowest BCUT2D eigenvalue weighted by atomic mass is 9.86. The van der Waals surface area contributed by atoms with Crippen LogP contribution in [0, 0.1) is 5.92 Å². The third kappa shape index (κ3) is 3.70. The normalized spacial score (nSPS) is 26.1. The highest BCUT2D eigenvalue weighted by atomic mass is 16.2. The van der Waals surface area contributed by atoms with E-state index in [1.807, 2.05) is 18.7 Å². The lowest BCUT2D eigenvalue weighted by Crippen LogP contribution is -2.57. The van der Waals surface area contributed by atoms with E-state index in [0.29, 0.717) is 12.0 Å². The van der Waals surface area contributed by atoms with E-state index >= 15 is 0 Å². The van der Waals surface area contributed by atoms with Crippen molar-refractivity contribution in [3.05, 3.63) is 0 Å². The van der Waals surface area contributed by atoms with Crippen molar-refractivity contribution in [3.63, 3.8) is 0 Å². The third-order valence-electron chi connectivity index (χ3n) is 3.78. The van der Waals surface area contributed by atoms with Crippen LogP contribution >= 0.6 is 0 Å². The number of nitrogens with zero attached hydrogens (tertiary/aromatic N) is 1. The van der Waals surface area contributed by atoms with Crippen LogP contribution in [0.1, 0.15) is 59.8 Å². The first-order valence-electron chi connectivity index (χ1n) is 6.98. The summed E-state index contributed by atoms with van der Waals surface area (Å²) in [5.74, 6) is 0.728. The summed E-state index contributed by atoms with van der Waals surface area (Å²) in [6.45, 7) is 8.98. The zero-order chi connectivity index (χ0) is 13.1. The molecule has 1 rings (SSSR count). The molecule has 2 N–H and O–H groups in total. The minimum atomic E-state index is -0.735. The maximum atomic E-state index is 12.3. The number of carbonyl (C=O) groups excluding carboxylic acids is 1. The summed E-state index contributed by atoms with van der Waals surface area (Å²) < 4.78 is 0. The Hall–Kier alpha value is -0.570. The molecule has 2 unspecified atom stereocenters. The molecule has 0 aliphatic carbocycles. The van der Waals surface area contributed by atoms with E-state index in [0.717, 1.165) is 19.4 Å². The van der Waals surface area contributed by atoms with Crippen LogP contribution in [0.3, 0.4) is 0 Å². The maximum absolute atomic E-state index is 12.3. The fourth-order valence-electron chi connectivity index (χ4n) is 2.72. The fourth-order valence-corrected chi connectivity index (χ4v) is 2.72. The standard InChI is InChI=1S/C14H28N2O/c1-5-6-9-12-11(2)8-7-10-16(12)13(17)14(3,4)15/h11-12H,5-10,15H2,1-4H3. The minimum Gasteiger partial charge on any atom is -0.338 e. The molecule has 1 heterocycles. The zero-order valence-electron chi connectivity index (χ0n) is 11.8. The molecule has 2 atom stereocenters. The molecule has 0 aromatic rings. The van der Waals surface area contributed by atoms with Gasteiger partial charge in [-0.15, -0.1) is 0 Å². The highest BCUT2D eigenvalue weighted by Crippen LogP contribution is 2.28. The number of nitrogens with two attached hydrogens (primary N) is 1. The molecule has 1 fully saturated rings. The second-order valence-electron chi connectivity index (χ2n) is 6.05. The predicted molar refractivity (Wildman–Crippen MR) is 71.7 cm³/mol. The van der Waals surface area contributed by atoms with Gasteiger partial charge in [-0.05, 0) is 39.0 Å². The van der Waals surface area contributed by atoms with Gasteiger partial charge in [-0.25, -0.2) is 0 Å². The number of rotatable bonds is 4. The Balaban J connectivity index is 2.75. The van der Waals surface area contributed by atoms with E-state index in [1.54, 1.807) is 0 Å². The van der Waals surface area contributed by atoms with Crippen molar-refractivity contribution >= 4 is 5.91 Å². The van der Waals surface area contributed by atoms with Crippen LogP contribution in [0.4, 0.5) is 0 Å². The number of piperidine rings is 1. The highest BCUT2D eigenvalue weighted by molar-refractivity contribution is 5.85. The predicted octanol–water partition coefficient (Wildman–Crippen LogP) is 2.54. The van der Waals surface area contributed by atoms with Gasteiger partial charge in [0.25, 0.3) is 0 Å². The van der Waals surface area contributed by atoms with Gasteiger partial charge in [0.05, 0.1) is 5.54 Å². The molecular formula is C14H28N2O. The van der Waals surface area contributed by atoms with Crippen molar-refractivity contribution in [2.24, 2.45) is 11.7 Å². The molecule has 17 heavy (non-hydrogen) atoms. The summed E-state index contributed by atoms with van der Waals surface area (Å²) in [5.41, 5.74) is 5.22. The van der Waals surface area contributed by atoms with E-state index < -0.39 is 5.54 Å². The Kier molecular flexibility index (Phi) is 4.99. The molecule has 100 valence electrons. The maximum Gasteiger partial charge on any atom is 0.242 e. The van der Waals surface area contributed by atoms with Gasteiger partial charge in [-0.1, -0.05) is 26.7 Å². The molecule has 1 saturated heterocycles. The van der Waals surface area contributed by atoms with E-state index in [9.17, 15) is 4.79 Å². The lowest BCUT2D eigenvalue weighted by molar-refractivity contribution is -0.141. The number of amides is 1. The summed E-state index contributed by atoms with van der Waals surface area (Å²) in [4.78, 5) is 14.4. The van der Waals surface area contributed by atoms with E-state index in [2.05, 4.69) is 13.8 Å². The van der Waals surface area contributed by atoms with Crippen LogP contribution in [0.2, 0.25) is 0 Å². The Labute approximate surface area is 106 Å². The molecule has 1 aliphatic heterocycles. The fraction of sp³-hybridized carbons (Fsp3) is 0.929. The van der Waals surface area contributed by atoms with Crippen molar-refractivity contribution < 1.29 is 4.79 Å². The molecule has 0 aromatic carbocycles. The summed E-state index contributed by atoms with van der Waals surface area (Å²) in [5, 5.41) is 0. The van der Waals surface area contributed by atoms with E-state index in [4.69, 9.17) is 5.73 Å². The Morgan fingerprint density at radius 2 is 2.12 bits per heavy atom. The van der Waals surface area contributed by atoms with Crippen molar-refractivity contribution in [2.75, 3.05) is 6.54 Å². The Bertz CT molecular complexity index is 257. The van der Waals surface area contributed by atoms with Gasteiger partial charge in [0.2, 0.25) is 5.91 Å². The van der Waals surface area contributed by atoms with Gasteiger partial charge in [0.1, 0.15) is 0 Å². The van der Waals surface area contributed by atoms with Crippen molar-refractivity contribution in [1.82, 2.24) is 4.90 Å². The van der Waals surface area contributed by atoms with Crippen molar-refractivity contribution in [1.29, 1.82) is 0 Å². The summed E-state index contributed by atoms with van der Waals surface area (Å²) in [6, 6.07) is 0.402. The molecule has 3 nitrogen and oxygen atoms in total. The second kappa shape index (κ2) is 5.85. The number of unbranched alkanes of at least 4 members (excludes halogenated alkanes) is 1. The highest BCUT2D eigenvalue weighted by Gasteiger charge is 2.36. The smallest absolute Gasteiger partial charge is 0.242 e. The van der Waals surface area contributed by atoms with Crippen LogP contribution in [0.25, 0.3) is 0 Å². The summed E-state index contributed by atoms with van der Waals surface area (Å²) in [6.07, 6.45) is 5.87. The van der Waals surface area contributed by atoms with Gasteiger partial charge in [0.15, 0.2) is 0 Å². The van der Waals surface area contributed by atoms with Gasteiger partial charge < -0.3 is 10.6 Å². The number of hydrogen-bond donors (Lipinski definition) is 1. The van der Waals surface area contributed by atoms with Gasteiger partial charge >= 0.3 is 0 Å². The van der Waals surface area contributed by atoms with E-state index in [1.165, 1.54) is 19.3 Å². The number of likely N-dealkylation sites (tertiary alicyclic amines) is 1. The van der Waals surface area contributed by atoms with Crippen LogP contribution in [0.5, 0.6) is 0 Å². The van der Waals surface area contributed by atoms with Crippen LogP contribution in [-0.4, -0.2) is 28.9 Å². The second-order valence-corrected chi connectivity index (χ2v) is 6.05. The minimum absolute atomic E-state index is 0.116. The summed E-state index contributed by atoms with van der Waals surface area (Å²) >= 11 is 0. The zero-order valence-corrected chi connectivity index (χ0v) is 11.8. The average Bonchev–Trinajstić information content (AvgIpc) is 2.25. The van der Waals surface area contributed by atoms with Crippen molar-refractivity contribution in [2.45, 2.75) is 71.4 Å². The van der Waals surface area contributed by atoms with Crippen molar-refractivity contribution in [3.8, 4) is 0 Å². The lowest BCUT2D eigenvalue weighted by Gasteiger charge is -2.42. The molecule has 0 radical (unpaired) electrons. The first-order valence-corrected chi connectivity index (χ1v) is 6.98. The monoisotopic (exact) mass is 240 g/mol. The molecular weight excluding hydrogens is 212 g/mol. The molecule has 3 heteroatoms. The molecule has 1 aliphatic rings. The number of hydrogen-bond acceptors (Lipinski definition) is 2. The molecule has 1 amide bonds. The van der Waals surface area contributed by atoms with Gasteiger partial charge in [-0.3, -0.25) is 4.79 Å². The Morgan fingerprint density at radius 3 is 2.65 bits per heavy atom. The third-order valence-corrected chi connectivity index (χ3v) is 3.78. The van der Waals surface area contributed by atoms with Crippen LogP contribution < -0.4 is 5.73 Å². The molecule has 0 saturated carbocycles. The SMILES string of the molecule is CCCCC1C(C)CCCN1C(=O)C(C)(C)N. The quantitative estimate of drug-likeness (QED) is 0.821. The first-order chi connectivity index (χ1) is 7.88. The average molecular weight is 240 g/mol. The van der Waals surface area contributed by atoms with E-state index in [-0.39, 0.29) is 5.91 Å². The first kappa shape index (κ1) is 14.5. The van der Waals surface area contributed by atoms with Crippen LogP contribution in [-0.2, 0) is 4.79 Å².